The Morgan fingerprint density at radius 2 is 2.00 bits per heavy atom. The van der Waals surface area contributed by atoms with Gasteiger partial charge in [0.15, 0.2) is 17.1 Å². The minimum absolute atomic E-state index is 0.0341. The number of nitrogens with one attached hydrogen (secondary N) is 1. The first kappa shape index (κ1) is 22.3. The van der Waals surface area contributed by atoms with Crippen LogP contribution in [0, 0.1) is 17.0 Å². The predicted molar refractivity (Wildman–Crippen MR) is 118 cm³/mol. The third-order valence-electron chi connectivity index (χ3n) is 4.50. The minimum Gasteiger partial charge on any atom is -0.483 e. The Bertz CT molecular complexity index is 1070. The smallest absolute Gasteiger partial charge is 0.274 e. The molecule has 10 heteroatoms. The second kappa shape index (κ2) is 10.1. The van der Waals surface area contributed by atoms with Crippen LogP contribution in [0.1, 0.15) is 31.3 Å². The van der Waals surface area contributed by atoms with Crippen molar-refractivity contribution in [1.82, 2.24) is 14.8 Å². The molecule has 31 heavy (non-hydrogen) atoms. The van der Waals surface area contributed by atoms with Gasteiger partial charge in [-0.1, -0.05) is 36.0 Å². The normalized spacial score (nSPS) is 11.7. The molecule has 1 N–H and O–H groups in total. The van der Waals surface area contributed by atoms with E-state index in [1.807, 2.05) is 48.7 Å². The number of hydrogen-bond acceptors (Lipinski definition) is 7. The molecule has 3 rings (SSSR count). The van der Waals surface area contributed by atoms with Crippen molar-refractivity contribution in [2.45, 2.75) is 38.6 Å². The van der Waals surface area contributed by atoms with E-state index >= 15 is 0 Å². The number of nitro groups is 1. The second-order valence-electron chi connectivity index (χ2n) is 6.75. The van der Waals surface area contributed by atoms with Crippen molar-refractivity contribution >= 4 is 29.0 Å². The quantitative estimate of drug-likeness (QED) is 0.298. The summed E-state index contributed by atoms with van der Waals surface area (Å²) >= 11 is 1.25. The van der Waals surface area contributed by atoms with Crippen LogP contribution >= 0.6 is 11.8 Å². The fourth-order valence-electron chi connectivity index (χ4n) is 2.97. The molecule has 0 spiro atoms. The van der Waals surface area contributed by atoms with Gasteiger partial charge in [-0.3, -0.25) is 14.9 Å². The maximum absolute atomic E-state index is 12.3. The van der Waals surface area contributed by atoms with E-state index in [0.717, 1.165) is 5.75 Å². The molecule has 1 atom stereocenters. The topological polar surface area (TPSA) is 112 Å². The molecule has 1 aromatic heterocycles. The molecule has 1 heterocycles. The van der Waals surface area contributed by atoms with Crippen molar-refractivity contribution in [3.63, 3.8) is 0 Å². The number of thioether (sulfide) groups is 1. The lowest BCUT2D eigenvalue weighted by Crippen LogP contribution is -2.15. The van der Waals surface area contributed by atoms with Crippen LogP contribution in [0.5, 0.6) is 5.75 Å². The van der Waals surface area contributed by atoms with Gasteiger partial charge in [-0.15, -0.1) is 10.2 Å². The Labute approximate surface area is 184 Å². The van der Waals surface area contributed by atoms with Crippen molar-refractivity contribution in [2.24, 2.45) is 0 Å². The Morgan fingerprint density at radius 3 is 2.68 bits per heavy atom. The maximum Gasteiger partial charge on any atom is 0.274 e. The van der Waals surface area contributed by atoms with Crippen molar-refractivity contribution in [3.05, 3.63) is 70.0 Å². The van der Waals surface area contributed by atoms with Crippen LogP contribution in [0.15, 0.2) is 53.7 Å². The van der Waals surface area contributed by atoms with Crippen LogP contribution < -0.4 is 10.1 Å². The van der Waals surface area contributed by atoms with E-state index in [0.29, 0.717) is 28.8 Å². The van der Waals surface area contributed by atoms with E-state index in [4.69, 9.17) is 4.74 Å². The molecule has 0 aliphatic carbocycles. The van der Waals surface area contributed by atoms with E-state index in [1.54, 1.807) is 19.1 Å². The van der Waals surface area contributed by atoms with Gasteiger partial charge in [-0.2, -0.15) is 0 Å². The van der Waals surface area contributed by atoms with Crippen LogP contribution in [-0.2, 0) is 11.3 Å². The lowest BCUT2D eigenvalue weighted by atomic mass is 10.2. The third-order valence-corrected chi connectivity index (χ3v) is 5.47. The lowest BCUT2D eigenvalue weighted by Gasteiger charge is -2.15. The molecule has 0 aliphatic rings. The van der Waals surface area contributed by atoms with E-state index in [1.165, 1.54) is 17.8 Å². The van der Waals surface area contributed by atoms with Crippen molar-refractivity contribution < 1.29 is 14.5 Å². The van der Waals surface area contributed by atoms with E-state index in [9.17, 15) is 14.9 Å². The Hall–Kier alpha value is -3.40. The standard InChI is InChI=1S/C21H23N5O4S/c1-4-25-20(15(3)30-17-8-6-5-7-9-17)23-24-21(25)31-13-19(27)22-16-11-10-14(2)18(12-16)26(28)29/h5-12,15H,4,13H2,1-3H3,(H,22,27)/t15-/m0/s1. The molecule has 0 fully saturated rings. The summed E-state index contributed by atoms with van der Waals surface area (Å²) < 4.78 is 7.84. The zero-order valence-corrected chi connectivity index (χ0v) is 18.3. The fraction of sp³-hybridized carbons (Fsp3) is 0.286. The molecule has 9 nitrogen and oxygen atoms in total. The zero-order valence-electron chi connectivity index (χ0n) is 17.4. The van der Waals surface area contributed by atoms with Gasteiger partial charge in [0, 0.05) is 23.9 Å². The molecule has 0 unspecified atom stereocenters. The van der Waals surface area contributed by atoms with Crippen molar-refractivity contribution in [2.75, 3.05) is 11.1 Å². The predicted octanol–water partition coefficient (Wildman–Crippen LogP) is 4.39. The van der Waals surface area contributed by atoms with Crippen LogP contribution in [-0.4, -0.2) is 31.3 Å². The first-order chi connectivity index (χ1) is 14.9. The van der Waals surface area contributed by atoms with Gasteiger partial charge in [0.2, 0.25) is 5.91 Å². The number of hydrogen-bond donors (Lipinski definition) is 1. The van der Waals surface area contributed by atoms with E-state index < -0.39 is 4.92 Å². The molecule has 2 aromatic carbocycles. The summed E-state index contributed by atoms with van der Waals surface area (Å²) in [5.74, 6) is 1.21. The van der Waals surface area contributed by atoms with Crippen molar-refractivity contribution in [1.29, 1.82) is 0 Å². The maximum atomic E-state index is 12.3. The molecule has 1 amide bonds. The number of para-hydroxylation sites is 1. The number of carbonyl (C=O) groups excluding carboxylic acids is 1. The van der Waals surface area contributed by atoms with E-state index in [-0.39, 0.29) is 23.5 Å². The molecular formula is C21H23N5O4S. The van der Waals surface area contributed by atoms with Gasteiger partial charge in [-0.05, 0) is 39.0 Å². The number of nitro benzene ring substituents is 1. The highest BCUT2D eigenvalue weighted by Crippen LogP contribution is 2.25. The Morgan fingerprint density at radius 1 is 1.26 bits per heavy atom. The van der Waals surface area contributed by atoms with Gasteiger partial charge < -0.3 is 14.6 Å². The van der Waals surface area contributed by atoms with E-state index in [2.05, 4.69) is 15.5 Å². The summed E-state index contributed by atoms with van der Waals surface area (Å²) in [6, 6.07) is 14.1. The number of carbonyl (C=O) groups is 1. The molecule has 0 aliphatic heterocycles. The second-order valence-corrected chi connectivity index (χ2v) is 7.70. The van der Waals surface area contributed by atoms with Gasteiger partial charge in [0.1, 0.15) is 5.75 Å². The monoisotopic (exact) mass is 441 g/mol. The summed E-state index contributed by atoms with van der Waals surface area (Å²) in [6.45, 7) is 6.14. The number of aromatic nitrogens is 3. The van der Waals surface area contributed by atoms with Crippen LogP contribution in [0.4, 0.5) is 11.4 Å². The van der Waals surface area contributed by atoms with Gasteiger partial charge in [0.25, 0.3) is 5.69 Å². The number of aryl methyl sites for hydroxylation is 1. The van der Waals surface area contributed by atoms with Crippen LogP contribution in [0.2, 0.25) is 0 Å². The number of amides is 1. The molecule has 162 valence electrons. The first-order valence-corrected chi connectivity index (χ1v) is 10.7. The van der Waals surface area contributed by atoms with Crippen molar-refractivity contribution in [3.8, 4) is 5.75 Å². The molecule has 0 radical (unpaired) electrons. The Kier molecular flexibility index (Phi) is 7.24. The minimum atomic E-state index is -0.469. The number of rotatable bonds is 9. The SMILES string of the molecule is CCn1c(SCC(=O)Nc2ccc(C)c([N+](=O)[O-])c2)nnc1[C@H](C)Oc1ccccc1. The summed E-state index contributed by atoms with van der Waals surface area (Å²) in [5, 5.41) is 22.8. The summed E-state index contributed by atoms with van der Waals surface area (Å²) in [5.41, 5.74) is 0.881. The molecule has 3 aromatic rings. The largest absolute Gasteiger partial charge is 0.483 e. The van der Waals surface area contributed by atoms with Crippen LogP contribution in [0.25, 0.3) is 0 Å². The van der Waals surface area contributed by atoms with Gasteiger partial charge in [0.05, 0.1) is 10.7 Å². The van der Waals surface area contributed by atoms with Gasteiger partial charge in [-0.25, -0.2) is 0 Å². The number of benzene rings is 2. The number of anilines is 1. The summed E-state index contributed by atoms with van der Waals surface area (Å²) in [4.78, 5) is 23.0. The third kappa shape index (κ3) is 5.60. The fourth-order valence-corrected chi connectivity index (χ4v) is 3.78. The Balaban J connectivity index is 1.63. The number of ether oxygens (including phenoxy) is 1. The average Bonchev–Trinajstić information content (AvgIpc) is 3.17. The zero-order chi connectivity index (χ0) is 22.4. The van der Waals surface area contributed by atoms with Gasteiger partial charge >= 0.3 is 0 Å². The highest BCUT2D eigenvalue weighted by atomic mass is 32.2. The van der Waals surface area contributed by atoms with Crippen LogP contribution in [0.3, 0.4) is 0 Å². The average molecular weight is 442 g/mol. The molecule has 0 saturated heterocycles. The number of nitrogens with zero attached hydrogens (tertiary/aromatic N) is 4. The summed E-state index contributed by atoms with van der Waals surface area (Å²) in [6.07, 6.45) is -0.314. The lowest BCUT2D eigenvalue weighted by molar-refractivity contribution is -0.385. The first-order valence-electron chi connectivity index (χ1n) is 9.71. The summed E-state index contributed by atoms with van der Waals surface area (Å²) in [7, 11) is 0. The molecular weight excluding hydrogens is 418 g/mol. The highest BCUT2D eigenvalue weighted by molar-refractivity contribution is 7.99. The highest BCUT2D eigenvalue weighted by Gasteiger charge is 2.20. The molecule has 0 bridgehead atoms. The molecule has 0 saturated carbocycles.